The number of Topliss-reactive ketones (excluding diaryl/α,β-unsaturated/α-hetero) is 2. The Kier molecular flexibility index (Phi) is 6.38. The van der Waals surface area contributed by atoms with Gasteiger partial charge in [-0.15, -0.1) is 0 Å². The molecule has 0 fully saturated rings. The fourth-order valence-corrected chi connectivity index (χ4v) is 4.61. The smallest absolute Gasteiger partial charge is 0.245 e. The molecule has 2 bridgehead atoms. The van der Waals surface area contributed by atoms with Gasteiger partial charge in [0, 0.05) is 54.3 Å². The molecule has 1 amide bonds. The molecule has 2 atom stereocenters. The number of carbonyl (C=O) groups excluding carboxylic acids is 3. The van der Waals surface area contributed by atoms with Crippen LogP contribution in [0.25, 0.3) is 5.65 Å². The van der Waals surface area contributed by atoms with Gasteiger partial charge in [-0.25, -0.2) is 18.2 Å². The number of nitrogens with one attached hydrogen (secondary N) is 1. The Morgan fingerprint density at radius 3 is 2.65 bits per heavy atom. The van der Waals surface area contributed by atoms with Crippen molar-refractivity contribution < 1.29 is 32.7 Å². The van der Waals surface area contributed by atoms with Gasteiger partial charge in [0.15, 0.2) is 11.6 Å². The van der Waals surface area contributed by atoms with Gasteiger partial charge >= 0.3 is 0 Å². The van der Waals surface area contributed by atoms with Gasteiger partial charge in [-0.1, -0.05) is 12.2 Å². The van der Waals surface area contributed by atoms with E-state index in [2.05, 4.69) is 10.3 Å². The van der Waals surface area contributed by atoms with Gasteiger partial charge in [-0.05, 0) is 18.6 Å². The topological polar surface area (TPSA) is 104 Å². The minimum atomic E-state index is -1.29. The van der Waals surface area contributed by atoms with E-state index >= 15 is 0 Å². The Labute approximate surface area is 208 Å². The molecule has 4 heterocycles. The van der Waals surface area contributed by atoms with Gasteiger partial charge in [0.2, 0.25) is 5.91 Å². The first kappa shape index (κ1) is 24.4. The number of ketones is 2. The molecule has 37 heavy (non-hydrogen) atoms. The van der Waals surface area contributed by atoms with Gasteiger partial charge in [0.05, 0.1) is 17.8 Å². The first-order valence-corrected chi connectivity index (χ1v) is 11.5. The number of amides is 1. The monoisotopic (exact) mass is 510 g/mol. The predicted molar refractivity (Wildman–Crippen MR) is 125 cm³/mol. The van der Waals surface area contributed by atoms with Crippen LogP contribution in [0.3, 0.4) is 0 Å². The number of aliphatic hydroxyl groups excluding tert-OH is 1. The summed E-state index contributed by atoms with van der Waals surface area (Å²) in [6, 6.07) is 3.36. The third-order valence-electron chi connectivity index (χ3n) is 6.46. The van der Waals surface area contributed by atoms with Crippen LogP contribution >= 0.6 is 0 Å². The lowest BCUT2D eigenvalue weighted by Gasteiger charge is -2.34. The number of imidazole rings is 1. The second kappa shape index (κ2) is 9.66. The van der Waals surface area contributed by atoms with Gasteiger partial charge in [-0.2, -0.15) is 0 Å². The summed E-state index contributed by atoms with van der Waals surface area (Å²) >= 11 is 0. The van der Waals surface area contributed by atoms with E-state index in [0.29, 0.717) is 29.0 Å². The Morgan fingerprint density at radius 2 is 1.92 bits per heavy atom. The summed E-state index contributed by atoms with van der Waals surface area (Å²) in [5.74, 6) is -5.85. The maximum atomic E-state index is 14.2. The molecule has 3 aromatic rings. The molecule has 0 saturated carbocycles. The summed E-state index contributed by atoms with van der Waals surface area (Å²) in [7, 11) is 0. The number of aromatic nitrogens is 2. The zero-order valence-corrected chi connectivity index (χ0v) is 19.3. The summed E-state index contributed by atoms with van der Waals surface area (Å²) in [4.78, 5) is 44.0. The highest BCUT2D eigenvalue weighted by Gasteiger charge is 2.35. The number of carbonyl (C=O) groups is 3. The van der Waals surface area contributed by atoms with Crippen molar-refractivity contribution in [2.24, 2.45) is 5.92 Å². The predicted octanol–water partition coefficient (Wildman–Crippen LogP) is 2.57. The highest BCUT2D eigenvalue weighted by atomic mass is 19.1. The lowest BCUT2D eigenvalue weighted by Crippen LogP contribution is -2.49. The zero-order valence-electron chi connectivity index (χ0n) is 19.3. The number of allylic oxidation sites excluding steroid dienone is 2. The quantitative estimate of drug-likeness (QED) is 0.390. The summed E-state index contributed by atoms with van der Waals surface area (Å²) in [6.07, 6.45) is 8.28. The number of pyridine rings is 1. The number of rotatable bonds is 6. The number of hydrogen-bond donors (Lipinski definition) is 2. The Hall–Kier alpha value is -4.25. The highest BCUT2D eigenvalue weighted by molar-refractivity contribution is 6.09. The van der Waals surface area contributed by atoms with Crippen molar-refractivity contribution in [1.29, 1.82) is 0 Å². The maximum Gasteiger partial charge on any atom is 0.245 e. The molecule has 0 radical (unpaired) electrons. The van der Waals surface area contributed by atoms with Crippen LogP contribution in [0, 0.1) is 23.4 Å². The number of fused-ring (bicyclic) bond motifs is 3. The molecule has 11 heteroatoms. The SMILES string of the molecule is O=C(CO)c1ccn2cc(CN3C/C=C\C4CC(NC=C4C(=O)c4c(F)cc(F)cc4F)C3=O)nc2c1. The molecule has 8 nitrogen and oxygen atoms in total. The first-order valence-electron chi connectivity index (χ1n) is 11.5. The Bertz CT molecular complexity index is 1470. The summed E-state index contributed by atoms with van der Waals surface area (Å²) in [5.41, 5.74) is 0.634. The molecule has 1 aromatic carbocycles. The lowest BCUT2D eigenvalue weighted by atomic mass is 9.83. The first-order chi connectivity index (χ1) is 17.7. The number of hydrogen-bond acceptors (Lipinski definition) is 6. The molecule has 0 aliphatic carbocycles. The van der Waals surface area contributed by atoms with E-state index in [-0.39, 0.29) is 31.0 Å². The van der Waals surface area contributed by atoms with E-state index in [9.17, 15) is 27.6 Å². The van der Waals surface area contributed by atoms with E-state index < -0.39 is 53.1 Å². The normalized spacial score (nSPS) is 20.2. The molecular weight excluding hydrogens is 489 g/mol. The molecule has 0 saturated heterocycles. The van der Waals surface area contributed by atoms with Crippen LogP contribution in [-0.4, -0.2) is 56.1 Å². The number of halogens is 3. The standard InChI is InChI=1S/C26H21F3N4O4/c27-16-8-19(28)24(20(29)9-16)25(36)18-10-30-21-6-14(18)2-1-4-33(26(21)37)12-17-11-32-5-3-15(22(35)13-34)7-23(32)31-17/h1-3,5,7-11,14,21,30,34H,4,6,12-13H2/b2-1-. The van der Waals surface area contributed by atoms with Crippen molar-refractivity contribution in [3.8, 4) is 0 Å². The van der Waals surface area contributed by atoms with Crippen molar-refractivity contribution >= 4 is 23.1 Å². The average molecular weight is 510 g/mol. The van der Waals surface area contributed by atoms with Gasteiger partial charge < -0.3 is 19.7 Å². The van der Waals surface area contributed by atoms with E-state index in [1.54, 1.807) is 46.0 Å². The maximum absolute atomic E-state index is 14.2. The van der Waals surface area contributed by atoms with Gasteiger partial charge in [0.25, 0.3) is 0 Å². The van der Waals surface area contributed by atoms with E-state index in [4.69, 9.17) is 5.11 Å². The summed E-state index contributed by atoms with van der Waals surface area (Å²) < 4.78 is 43.4. The second-order valence-electron chi connectivity index (χ2n) is 8.88. The minimum absolute atomic E-state index is 0.0757. The van der Waals surface area contributed by atoms with E-state index in [1.165, 1.54) is 6.20 Å². The zero-order chi connectivity index (χ0) is 26.3. The third-order valence-corrected chi connectivity index (χ3v) is 6.46. The Morgan fingerprint density at radius 1 is 1.16 bits per heavy atom. The third kappa shape index (κ3) is 4.65. The molecule has 2 aliphatic rings. The number of benzene rings is 1. The van der Waals surface area contributed by atoms with Crippen LogP contribution in [0.15, 0.2) is 60.6 Å². The van der Waals surface area contributed by atoms with Gasteiger partial charge in [-0.3, -0.25) is 14.4 Å². The fourth-order valence-electron chi connectivity index (χ4n) is 4.61. The molecule has 0 spiro atoms. The van der Waals surface area contributed by atoms with Crippen molar-refractivity contribution in [1.82, 2.24) is 19.6 Å². The van der Waals surface area contributed by atoms with Crippen molar-refractivity contribution in [2.75, 3.05) is 13.2 Å². The van der Waals surface area contributed by atoms with Crippen LogP contribution in [0.4, 0.5) is 13.2 Å². The highest BCUT2D eigenvalue weighted by Crippen LogP contribution is 2.30. The van der Waals surface area contributed by atoms with Crippen LogP contribution in [0.5, 0.6) is 0 Å². The van der Waals surface area contributed by atoms with Gasteiger partial charge in [0.1, 0.15) is 35.7 Å². The molecular formula is C26H21F3N4O4. The van der Waals surface area contributed by atoms with Crippen molar-refractivity contribution in [3.63, 3.8) is 0 Å². The number of aliphatic hydroxyl groups is 1. The minimum Gasteiger partial charge on any atom is -0.388 e. The van der Waals surface area contributed by atoms with Crippen LogP contribution in [0.2, 0.25) is 0 Å². The summed E-state index contributed by atoms with van der Waals surface area (Å²) in [6.45, 7) is -0.224. The number of nitrogens with zero attached hydrogens (tertiary/aromatic N) is 3. The van der Waals surface area contributed by atoms with E-state index in [1.807, 2.05) is 0 Å². The second-order valence-corrected chi connectivity index (χ2v) is 8.88. The molecule has 2 unspecified atom stereocenters. The van der Waals surface area contributed by atoms with Crippen molar-refractivity contribution in [3.05, 3.63) is 94.9 Å². The van der Waals surface area contributed by atoms with Crippen molar-refractivity contribution in [2.45, 2.75) is 19.0 Å². The average Bonchev–Trinajstić information content (AvgIpc) is 3.27. The van der Waals surface area contributed by atoms with Crippen LogP contribution in [-0.2, 0) is 11.3 Å². The Balaban J connectivity index is 1.35. The summed E-state index contributed by atoms with van der Waals surface area (Å²) in [5, 5.41) is 11.9. The molecule has 2 aromatic heterocycles. The molecule has 5 rings (SSSR count). The molecule has 2 N–H and O–H groups in total. The fraction of sp³-hybridized carbons (Fsp3) is 0.231. The largest absolute Gasteiger partial charge is 0.388 e. The molecule has 190 valence electrons. The lowest BCUT2D eigenvalue weighted by molar-refractivity contribution is -0.134. The molecule has 2 aliphatic heterocycles. The van der Waals surface area contributed by atoms with E-state index in [0.717, 1.165) is 0 Å². The van der Waals surface area contributed by atoms with Crippen LogP contribution in [0.1, 0.15) is 32.8 Å². The van der Waals surface area contributed by atoms with Crippen LogP contribution < -0.4 is 5.32 Å².